The predicted molar refractivity (Wildman–Crippen MR) is 63.4 cm³/mol. The minimum absolute atomic E-state index is 0.0328. The van der Waals surface area contributed by atoms with Crippen molar-refractivity contribution >= 4 is 17.6 Å². The first kappa shape index (κ1) is 12.5. The maximum Gasteiger partial charge on any atom is 0.309 e. The van der Waals surface area contributed by atoms with Crippen LogP contribution >= 0.6 is 0 Å². The monoisotopic (exact) mass is 251 g/mol. The zero-order chi connectivity index (χ0) is 13.1. The Morgan fingerprint density at radius 1 is 1.44 bits per heavy atom. The van der Waals surface area contributed by atoms with E-state index in [0.29, 0.717) is 11.3 Å². The first-order chi connectivity index (χ1) is 8.56. The Labute approximate surface area is 104 Å². The summed E-state index contributed by atoms with van der Waals surface area (Å²) in [6.07, 6.45) is 1.67. The molecule has 0 saturated heterocycles. The van der Waals surface area contributed by atoms with Gasteiger partial charge in [-0.1, -0.05) is 6.07 Å². The number of ether oxygens (including phenoxy) is 1. The smallest absolute Gasteiger partial charge is 0.309 e. The average Bonchev–Trinajstić information content (AvgIpc) is 3.15. The minimum atomic E-state index is -0.466. The highest BCUT2D eigenvalue weighted by molar-refractivity contribution is 5.93. The van der Waals surface area contributed by atoms with Gasteiger partial charge in [0.1, 0.15) is 5.82 Å². The van der Waals surface area contributed by atoms with Crippen LogP contribution in [0.15, 0.2) is 18.2 Å². The van der Waals surface area contributed by atoms with E-state index in [-0.39, 0.29) is 24.3 Å². The lowest BCUT2D eigenvalue weighted by Crippen LogP contribution is -2.21. The molecule has 96 valence electrons. The molecule has 1 fully saturated rings. The Hall–Kier alpha value is -1.91. The Balaban J connectivity index is 1.82. The van der Waals surface area contributed by atoms with Crippen LogP contribution in [0, 0.1) is 18.7 Å². The summed E-state index contributed by atoms with van der Waals surface area (Å²) in [5.41, 5.74) is 0.860. The van der Waals surface area contributed by atoms with Gasteiger partial charge in [0.05, 0.1) is 5.92 Å². The van der Waals surface area contributed by atoms with Crippen molar-refractivity contribution in [1.82, 2.24) is 0 Å². The molecule has 1 amide bonds. The molecule has 18 heavy (non-hydrogen) atoms. The molecule has 5 heteroatoms. The first-order valence-corrected chi connectivity index (χ1v) is 5.79. The van der Waals surface area contributed by atoms with Gasteiger partial charge in [-0.2, -0.15) is 0 Å². The quantitative estimate of drug-likeness (QED) is 0.833. The number of carbonyl (C=O) groups is 2. The number of halogens is 1. The van der Waals surface area contributed by atoms with Gasteiger partial charge in [-0.3, -0.25) is 9.59 Å². The zero-order valence-electron chi connectivity index (χ0n) is 10.0. The van der Waals surface area contributed by atoms with Crippen LogP contribution in [0.2, 0.25) is 0 Å². The summed E-state index contributed by atoms with van der Waals surface area (Å²) in [4.78, 5) is 22.6. The van der Waals surface area contributed by atoms with Gasteiger partial charge in [-0.25, -0.2) is 4.39 Å². The average molecular weight is 251 g/mol. The SMILES string of the molecule is Cc1ccc(NC(=O)COC(=O)C2CC2)cc1F. The first-order valence-electron chi connectivity index (χ1n) is 5.79. The van der Waals surface area contributed by atoms with Crippen LogP contribution in [0.3, 0.4) is 0 Å². The highest BCUT2D eigenvalue weighted by atomic mass is 19.1. The van der Waals surface area contributed by atoms with Crippen LogP contribution in [0.25, 0.3) is 0 Å². The van der Waals surface area contributed by atoms with E-state index in [0.717, 1.165) is 12.8 Å². The second-order valence-electron chi connectivity index (χ2n) is 4.39. The molecule has 0 aliphatic heterocycles. The molecule has 0 atom stereocenters. The molecule has 1 saturated carbocycles. The van der Waals surface area contributed by atoms with Gasteiger partial charge in [0.2, 0.25) is 0 Å². The van der Waals surface area contributed by atoms with Gasteiger partial charge in [-0.05, 0) is 37.5 Å². The maximum atomic E-state index is 13.2. The molecule has 1 aliphatic rings. The van der Waals surface area contributed by atoms with Gasteiger partial charge in [0, 0.05) is 5.69 Å². The maximum absolute atomic E-state index is 13.2. The van der Waals surface area contributed by atoms with Crippen molar-refractivity contribution in [2.45, 2.75) is 19.8 Å². The van der Waals surface area contributed by atoms with E-state index in [9.17, 15) is 14.0 Å². The Bertz CT molecular complexity index is 483. The lowest BCUT2D eigenvalue weighted by atomic mass is 10.2. The number of amides is 1. The van der Waals surface area contributed by atoms with Crippen LogP contribution in [0.4, 0.5) is 10.1 Å². The summed E-state index contributed by atoms with van der Waals surface area (Å²) in [6, 6.07) is 4.40. The lowest BCUT2D eigenvalue weighted by Gasteiger charge is -2.07. The van der Waals surface area contributed by atoms with Crippen LogP contribution in [-0.2, 0) is 14.3 Å². The van der Waals surface area contributed by atoms with E-state index in [2.05, 4.69) is 5.32 Å². The normalized spacial score (nSPS) is 14.1. The van der Waals surface area contributed by atoms with Crippen molar-refractivity contribution < 1.29 is 18.7 Å². The van der Waals surface area contributed by atoms with Crippen molar-refractivity contribution in [3.63, 3.8) is 0 Å². The van der Waals surface area contributed by atoms with E-state index >= 15 is 0 Å². The van der Waals surface area contributed by atoms with E-state index in [4.69, 9.17) is 4.74 Å². The summed E-state index contributed by atoms with van der Waals surface area (Å²) in [5, 5.41) is 2.47. The number of nitrogens with one attached hydrogen (secondary N) is 1. The molecule has 0 radical (unpaired) electrons. The number of benzene rings is 1. The van der Waals surface area contributed by atoms with E-state index in [1.165, 1.54) is 6.07 Å². The molecular formula is C13H14FNO3. The second kappa shape index (κ2) is 5.16. The lowest BCUT2D eigenvalue weighted by molar-refractivity contribution is -0.148. The number of rotatable bonds is 4. The number of anilines is 1. The zero-order valence-corrected chi connectivity index (χ0v) is 10.0. The second-order valence-corrected chi connectivity index (χ2v) is 4.39. The number of aryl methyl sites for hydroxylation is 1. The largest absolute Gasteiger partial charge is 0.455 e. The molecule has 0 spiro atoms. The number of hydrogen-bond acceptors (Lipinski definition) is 3. The van der Waals surface area contributed by atoms with Gasteiger partial charge in [0.25, 0.3) is 5.91 Å². The van der Waals surface area contributed by atoms with Crippen molar-refractivity contribution in [2.24, 2.45) is 5.92 Å². The third-order valence-electron chi connectivity index (χ3n) is 2.71. The predicted octanol–water partition coefficient (Wildman–Crippen LogP) is 2.03. The topological polar surface area (TPSA) is 55.4 Å². The third-order valence-corrected chi connectivity index (χ3v) is 2.71. The third kappa shape index (κ3) is 3.29. The molecule has 0 unspecified atom stereocenters. The summed E-state index contributed by atoms with van der Waals surface area (Å²) in [5.74, 6) is -1.22. The van der Waals surface area contributed by atoms with Crippen LogP contribution in [-0.4, -0.2) is 18.5 Å². The van der Waals surface area contributed by atoms with Crippen molar-refractivity contribution in [3.05, 3.63) is 29.6 Å². The standard InChI is InChI=1S/C13H14FNO3/c1-8-2-5-10(6-11(8)14)15-12(16)7-18-13(17)9-3-4-9/h2,5-6,9H,3-4,7H2,1H3,(H,15,16). The molecule has 1 N–H and O–H groups in total. The molecule has 0 aromatic heterocycles. The summed E-state index contributed by atoms with van der Waals surface area (Å²) >= 11 is 0. The minimum Gasteiger partial charge on any atom is -0.455 e. The van der Waals surface area contributed by atoms with Gasteiger partial charge in [0.15, 0.2) is 6.61 Å². The number of carbonyl (C=O) groups excluding carboxylic acids is 2. The van der Waals surface area contributed by atoms with Gasteiger partial charge < -0.3 is 10.1 Å². The molecule has 1 aromatic rings. The molecule has 1 aliphatic carbocycles. The molecule has 0 bridgehead atoms. The molecule has 2 rings (SSSR count). The van der Waals surface area contributed by atoms with Crippen LogP contribution in [0.1, 0.15) is 18.4 Å². The summed E-state index contributed by atoms with van der Waals surface area (Å²) < 4.78 is 18.0. The molecule has 1 aromatic carbocycles. The Kier molecular flexibility index (Phi) is 3.60. The fourth-order valence-corrected chi connectivity index (χ4v) is 1.44. The molecule has 4 nitrogen and oxygen atoms in total. The summed E-state index contributed by atoms with van der Waals surface area (Å²) in [6.45, 7) is 1.31. The number of esters is 1. The molecule has 0 heterocycles. The Morgan fingerprint density at radius 2 is 2.17 bits per heavy atom. The van der Waals surface area contributed by atoms with E-state index in [1.807, 2.05) is 0 Å². The van der Waals surface area contributed by atoms with Crippen molar-refractivity contribution in [3.8, 4) is 0 Å². The van der Waals surface area contributed by atoms with Crippen LogP contribution in [0.5, 0.6) is 0 Å². The van der Waals surface area contributed by atoms with E-state index in [1.54, 1.807) is 19.1 Å². The summed E-state index contributed by atoms with van der Waals surface area (Å²) in [7, 11) is 0. The van der Waals surface area contributed by atoms with Crippen molar-refractivity contribution in [2.75, 3.05) is 11.9 Å². The van der Waals surface area contributed by atoms with E-state index < -0.39 is 5.91 Å². The van der Waals surface area contributed by atoms with Gasteiger partial charge >= 0.3 is 5.97 Å². The fourth-order valence-electron chi connectivity index (χ4n) is 1.44. The highest BCUT2D eigenvalue weighted by Crippen LogP contribution is 2.29. The molecular weight excluding hydrogens is 237 g/mol. The highest BCUT2D eigenvalue weighted by Gasteiger charge is 2.31. The van der Waals surface area contributed by atoms with Crippen LogP contribution < -0.4 is 5.32 Å². The Morgan fingerprint density at radius 3 is 2.78 bits per heavy atom. The fraction of sp³-hybridized carbons (Fsp3) is 0.385. The van der Waals surface area contributed by atoms with Crippen molar-refractivity contribution in [1.29, 1.82) is 0 Å². The van der Waals surface area contributed by atoms with Gasteiger partial charge in [-0.15, -0.1) is 0 Å². The number of hydrogen-bond donors (Lipinski definition) is 1.